The molecule has 0 saturated heterocycles. The van der Waals surface area contributed by atoms with Gasteiger partial charge in [0.15, 0.2) is 5.82 Å². The van der Waals surface area contributed by atoms with Crippen molar-refractivity contribution in [3.8, 4) is 0 Å². The van der Waals surface area contributed by atoms with E-state index in [0.717, 1.165) is 18.1 Å². The lowest BCUT2D eigenvalue weighted by molar-refractivity contribution is 0.532. The van der Waals surface area contributed by atoms with Crippen LogP contribution in [0.15, 0.2) is 0 Å². The summed E-state index contributed by atoms with van der Waals surface area (Å²) in [6.07, 6.45) is 6.26. The maximum atomic E-state index is 4.39. The van der Waals surface area contributed by atoms with Crippen LogP contribution < -0.4 is 0 Å². The molecule has 1 aromatic rings. The van der Waals surface area contributed by atoms with Gasteiger partial charge in [-0.05, 0) is 19.8 Å². The molecule has 0 saturated carbocycles. The molecule has 0 bridgehead atoms. The zero-order valence-corrected chi connectivity index (χ0v) is 9.51. The highest BCUT2D eigenvalue weighted by atomic mass is 15.2. The van der Waals surface area contributed by atoms with E-state index in [4.69, 9.17) is 0 Å². The highest BCUT2D eigenvalue weighted by Crippen LogP contribution is 2.22. The zero-order chi connectivity index (χ0) is 10.4. The van der Waals surface area contributed by atoms with Gasteiger partial charge in [-0.1, -0.05) is 33.1 Å². The van der Waals surface area contributed by atoms with E-state index in [-0.39, 0.29) is 0 Å². The lowest BCUT2D eigenvalue weighted by Gasteiger charge is -2.09. The molecule has 14 heavy (non-hydrogen) atoms. The van der Waals surface area contributed by atoms with Crippen LogP contribution in [-0.4, -0.2) is 15.2 Å². The third kappa shape index (κ3) is 3.13. The summed E-state index contributed by atoms with van der Waals surface area (Å²) in [7, 11) is 0. The van der Waals surface area contributed by atoms with Crippen LogP contribution in [0, 0.1) is 6.92 Å². The second-order valence-corrected chi connectivity index (χ2v) is 3.88. The first-order valence-corrected chi connectivity index (χ1v) is 5.66. The summed E-state index contributed by atoms with van der Waals surface area (Å²) >= 11 is 0. The number of aromatic amines is 1. The van der Waals surface area contributed by atoms with Crippen molar-refractivity contribution < 1.29 is 0 Å². The molecule has 0 radical (unpaired) electrons. The molecule has 1 aromatic heterocycles. The van der Waals surface area contributed by atoms with Crippen molar-refractivity contribution in [2.24, 2.45) is 0 Å². The van der Waals surface area contributed by atoms with Crippen molar-refractivity contribution >= 4 is 0 Å². The third-order valence-electron chi connectivity index (χ3n) is 2.63. The van der Waals surface area contributed by atoms with Crippen LogP contribution >= 0.6 is 0 Å². The number of unbranched alkanes of at least 4 members (excludes halogenated alkanes) is 2. The quantitative estimate of drug-likeness (QED) is 0.708. The molecule has 0 aliphatic rings. The molecule has 1 atom stereocenters. The number of hydrogen-bond donors (Lipinski definition) is 1. The molecule has 1 N–H and O–H groups in total. The molecular weight excluding hydrogens is 174 g/mol. The number of aromatic nitrogens is 3. The average Bonchev–Trinajstić information content (AvgIpc) is 2.60. The third-order valence-corrected chi connectivity index (χ3v) is 2.63. The topological polar surface area (TPSA) is 41.6 Å². The summed E-state index contributed by atoms with van der Waals surface area (Å²) in [6, 6.07) is 0. The van der Waals surface area contributed by atoms with Crippen LogP contribution in [0.25, 0.3) is 0 Å². The molecule has 1 heterocycles. The van der Waals surface area contributed by atoms with Crippen LogP contribution in [0.3, 0.4) is 0 Å². The Morgan fingerprint density at radius 2 is 2.07 bits per heavy atom. The van der Waals surface area contributed by atoms with Gasteiger partial charge in [0.25, 0.3) is 0 Å². The average molecular weight is 195 g/mol. The Balaban J connectivity index is 2.45. The van der Waals surface area contributed by atoms with Crippen molar-refractivity contribution in [1.82, 2.24) is 15.2 Å². The van der Waals surface area contributed by atoms with E-state index in [9.17, 15) is 0 Å². The second kappa shape index (κ2) is 5.78. The number of H-pyrrole nitrogens is 1. The van der Waals surface area contributed by atoms with Gasteiger partial charge < -0.3 is 0 Å². The molecule has 0 aliphatic carbocycles. The molecule has 0 amide bonds. The standard InChI is InChI=1S/C11H21N3/c1-4-6-7-8-10(5-2)11-12-9(3)13-14-11/h10H,4-8H2,1-3H3,(H,12,13,14). The minimum atomic E-state index is 0.548. The fraction of sp³-hybridized carbons (Fsp3) is 0.818. The summed E-state index contributed by atoms with van der Waals surface area (Å²) in [5, 5.41) is 7.14. The molecule has 3 heteroatoms. The Bertz CT molecular complexity index is 255. The van der Waals surface area contributed by atoms with Crippen molar-refractivity contribution in [3.63, 3.8) is 0 Å². The van der Waals surface area contributed by atoms with Gasteiger partial charge >= 0.3 is 0 Å². The Kier molecular flexibility index (Phi) is 4.63. The van der Waals surface area contributed by atoms with Gasteiger partial charge in [0.05, 0.1) is 0 Å². The van der Waals surface area contributed by atoms with Crippen molar-refractivity contribution in [1.29, 1.82) is 0 Å². The minimum Gasteiger partial charge on any atom is -0.263 e. The first-order chi connectivity index (χ1) is 6.77. The number of nitrogens with zero attached hydrogens (tertiary/aromatic N) is 2. The summed E-state index contributed by atoms with van der Waals surface area (Å²) in [6.45, 7) is 6.40. The highest BCUT2D eigenvalue weighted by Gasteiger charge is 2.13. The number of nitrogens with one attached hydrogen (secondary N) is 1. The van der Waals surface area contributed by atoms with Gasteiger partial charge in [0.2, 0.25) is 0 Å². The molecule has 3 nitrogen and oxygen atoms in total. The van der Waals surface area contributed by atoms with Crippen molar-refractivity contribution in [3.05, 3.63) is 11.6 Å². The second-order valence-electron chi connectivity index (χ2n) is 3.88. The molecule has 80 valence electrons. The van der Waals surface area contributed by atoms with Gasteiger partial charge in [-0.15, -0.1) is 0 Å². The SMILES string of the molecule is CCCCCC(CC)c1n[nH]c(C)n1. The smallest absolute Gasteiger partial charge is 0.153 e. The van der Waals surface area contributed by atoms with Gasteiger partial charge in [0.1, 0.15) is 5.82 Å². The van der Waals surface area contributed by atoms with E-state index in [1.807, 2.05) is 6.92 Å². The number of hydrogen-bond acceptors (Lipinski definition) is 2. The van der Waals surface area contributed by atoms with E-state index in [1.165, 1.54) is 25.7 Å². The largest absolute Gasteiger partial charge is 0.263 e. The fourth-order valence-electron chi connectivity index (χ4n) is 1.70. The van der Waals surface area contributed by atoms with E-state index < -0.39 is 0 Å². The molecule has 0 aliphatic heterocycles. The van der Waals surface area contributed by atoms with E-state index in [1.54, 1.807) is 0 Å². The molecular formula is C11H21N3. The fourth-order valence-corrected chi connectivity index (χ4v) is 1.70. The number of rotatable bonds is 6. The maximum absolute atomic E-state index is 4.39. The lowest BCUT2D eigenvalue weighted by Crippen LogP contribution is -2.00. The molecule has 1 rings (SSSR count). The Morgan fingerprint density at radius 3 is 2.57 bits per heavy atom. The lowest BCUT2D eigenvalue weighted by atomic mass is 9.98. The van der Waals surface area contributed by atoms with Crippen molar-refractivity contribution in [2.45, 2.75) is 58.8 Å². The predicted octanol–water partition coefficient (Wildman–Crippen LogP) is 3.19. The summed E-state index contributed by atoms with van der Waals surface area (Å²) in [4.78, 5) is 4.39. The van der Waals surface area contributed by atoms with Crippen LogP contribution in [0.1, 0.15) is 63.5 Å². The molecule has 0 fully saturated rings. The van der Waals surface area contributed by atoms with E-state index >= 15 is 0 Å². The van der Waals surface area contributed by atoms with Crippen LogP contribution in [0.2, 0.25) is 0 Å². The van der Waals surface area contributed by atoms with Crippen LogP contribution in [0.5, 0.6) is 0 Å². The first-order valence-electron chi connectivity index (χ1n) is 5.66. The molecule has 0 aromatic carbocycles. The van der Waals surface area contributed by atoms with Gasteiger partial charge in [-0.2, -0.15) is 5.10 Å². The van der Waals surface area contributed by atoms with E-state index in [2.05, 4.69) is 29.0 Å². The monoisotopic (exact) mass is 195 g/mol. The normalized spacial score (nSPS) is 13.1. The number of aryl methyl sites for hydroxylation is 1. The summed E-state index contributed by atoms with van der Waals surface area (Å²) in [5.41, 5.74) is 0. The molecule has 0 spiro atoms. The minimum absolute atomic E-state index is 0.548. The van der Waals surface area contributed by atoms with E-state index in [0.29, 0.717) is 5.92 Å². The Hall–Kier alpha value is -0.860. The first kappa shape index (κ1) is 11.2. The summed E-state index contributed by atoms with van der Waals surface area (Å²) < 4.78 is 0. The Labute approximate surface area is 86.3 Å². The molecule has 1 unspecified atom stereocenters. The van der Waals surface area contributed by atoms with Gasteiger partial charge in [0, 0.05) is 5.92 Å². The van der Waals surface area contributed by atoms with Gasteiger partial charge in [-0.3, -0.25) is 5.10 Å². The van der Waals surface area contributed by atoms with Crippen LogP contribution in [0.4, 0.5) is 0 Å². The van der Waals surface area contributed by atoms with Gasteiger partial charge in [-0.25, -0.2) is 4.98 Å². The highest BCUT2D eigenvalue weighted by molar-refractivity contribution is 4.96. The predicted molar refractivity (Wildman–Crippen MR) is 58.3 cm³/mol. The Morgan fingerprint density at radius 1 is 1.29 bits per heavy atom. The van der Waals surface area contributed by atoms with Crippen molar-refractivity contribution in [2.75, 3.05) is 0 Å². The van der Waals surface area contributed by atoms with Crippen LogP contribution in [-0.2, 0) is 0 Å². The maximum Gasteiger partial charge on any atom is 0.153 e. The zero-order valence-electron chi connectivity index (χ0n) is 9.51. The summed E-state index contributed by atoms with van der Waals surface area (Å²) in [5.74, 6) is 2.47.